The summed E-state index contributed by atoms with van der Waals surface area (Å²) in [5.41, 5.74) is 10.7. The number of aryl methyl sites for hydroxylation is 1. The highest BCUT2D eigenvalue weighted by Gasteiger charge is 2.11. The molecule has 2 aromatic carbocycles. The van der Waals surface area contributed by atoms with E-state index in [1.807, 2.05) is 7.05 Å². The number of hydrogen-bond acceptors (Lipinski definition) is 2. The van der Waals surface area contributed by atoms with Crippen LogP contribution in [0.5, 0.6) is 0 Å². The third-order valence-electron chi connectivity index (χ3n) is 3.18. The number of hydrogen-bond donors (Lipinski definition) is 2. The maximum Gasteiger partial charge on any atom is 0.0574 e. The summed E-state index contributed by atoms with van der Waals surface area (Å²) < 4.78 is 0. The van der Waals surface area contributed by atoms with E-state index in [1.54, 1.807) is 0 Å². The van der Waals surface area contributed by atoms with Gasteiger partial charge < -0.3 is 11.1 Å². The Labute approximate surface area is 109 Å². The molecule has 94 valence electrons. The summed E-state index contributed by atoms with van der Waals surface area (Å²) in [5.74, 6) is 0. The van der Waals surface area contributed by atoms with Crippen LogP contribution in [-0.2, 0) is 6.54 Å². The van der Waals surface area contributed by atoms with E-state index in [0.717, 1.165) is 0 Å². The molecular formula is C16H20N2. The van der Waals surface area contributed by atoms with Gasteiger partial charge in [0, 0.05) is 6.54 Å². The summed E-state index contributed by atoms with van der Waals surface area (Å²) in [4.78, 5) is 0. The molecular weight excluding hydrogens is 220 g/mol. The lowest BCUT2D eigenvalue weighted by molar-refractivity contribution is 0.690. The van der Waals surface area contributed by atoms with E-state index in [9.17, 15) is 0 Å². The van der Waals surface area contributed by atoms with E-state index in [2.05, 4.69) is 60.8 Å². The predicted octanol–water partition coefficient (Wildman–Crippen LogP) is 2.76. The molecule has 1 atom stereocenters. The zero-order valence-corrected chi connectivity index (χ0v) is 11.0. The third kappa shape index (κ3) is 2.78. The topological polar surface area (TPSA) is 38.0 Å². The standard InChI is InChI=1S/C16H20N2/c1-12-5-3-7-14(9-12)16(18-2)15-8-4-6-13(10-15)11-17/h3-10,16,18H,11,17H2,1-2H3. The van der Waals surface area contributed by atoms with Crippen molar-refractivity contribution in [2.24, 2.45) is 5.73 Å². The van der Waals surface area contributed by atoms with Crippen molar-refractivity contribution in [3.63, 3.8) is 0 Å². The first-order valence-corrected chi connectivity index (χ1v) is 6.27. The smallest absolute Gasteiger partial charge is 0.0574 e. The van der Waals surface area contributed by atoms with Crippen molar-refractivity contribution in [2.75, 3.05) is 7.05 Å². The summed E-state index contributed by atoms with van der Waals surface area (Å²) in [6.07, 6.45) is 0. The van der Waals surface area contributed by atoms with Crippen LogP contribution in [0.25, 0.3) is 0 Å². The van der Waals surface area contributed by atoms with Gasteiger partial charge in [0.1, 0.15) is 0 Å². The van der Waals surface area contributed by atoms with Crippen LogP contribution in [-0.4, -0.2) is 7.05 Å². The largest absolute Gasteiger partial charge is 0.326 e. The minimum atomic E-state index is 0.219. The average molecular weight is 240 g/mol. The summed E-state index contributed by atoms with van der Waals surface area (Å²) in [6, 6.07) is 17.3. The molecule has 0 fully saturated rings. The lowest BCUT2D eigenvalue weighted by Crippen LogP contribution is -2.18. The van der Waals surface area contributed by atoms with Crippen LogP contribution < -0.4 is 11.1 Å². The molecule has 0 amide bonds. The van der Waals surface area contributed by atoms with E-state index >= 15 is 0 Å². The molecule has 0 aliphatic rings. The van der Waals surface area contributed by atoms with Gasteiger partial charge in [-0.1, -0.05) is 54.1 Å². The molecule has 1 unspecified atom stereocenters. The molecule has 0 bridgehead atoms. The van der Waals surface area contributed by atoms with Crippen molar-refractivity contribution < 1.29 is 0 Å². The quantitative estimate of drug-likeness (QED) is 0.862. The maximum absolute atomic E-state index is 5.70. The minimum Gasteiger partial charge on any atom is -0.326 e. The van der Waals surface area contributed by atoms with E-state index < -0.39 is 0 Å². The van der Waals surface area contributed by atoms with Gasteiger partial charge in [0.2, 0.25) is 0 Å². The van der Waals surface area contributed by atoms with E-state index in [0.29, 0.717) is 6.54 Å². The normalized spacial score (nSPS) is 12.4. The number of rotatable bonds is 4. The fraction of sp³-hybridized carbons (Fsp3) is 0.250. The highest BCUT2D eigenvalue weighted by Crippen LogP contribution is 2.23. The Balaban J connectivity index is 2.38. The molecule has 3 N–H and O–H groups in total. The summed E-state index contributed by atoms with van der Waals surface area (Å²) in [5, 5.41) is 3.37. The number of nitrogens with one attached hydrogen (secondary N) is 1. The SMILES string of the molecule is CNC(c1cccc(C)c1)c1cccc(CN)c1. The lowest BCUT2D eigenvalue weighted by atomic mass is 9.96. The van der Waals surface area contributed by atoms with E-state index in [4.69, 9.17) is 5.73 Å². The van der Waals surface area contributed by atoms with Crippen LogP contribution in [0, 0.1) is 6.92 Å². The molecule has 0 spiro atoms. The van der Waals surface area contributed by atoms with Gasteiger partial charge in [-0.05, 0) is 30.7 Å². The molecule has 0 aliphatic carbocycles. The van der Waals surface area contributed by atoms with Crippen LogP contribution in [0.15, 0.2) is 48.5 Å². The summed E-state index contributed by atoms with van der Waals surface area (Å²) in [7, 11) is 1.99. The first kappa shape index (κ1) is 12.8. The maximum atomic E-state index is 5.70. The molecule has 0 heterocycles. The van der Waals surface area contributed by atoms with Crippen molar-refractivity contribution >= 4 is 0 Å². The molecule has 2 rings (SSSR count). The Kier molecular flexibility index (Phi) is 4.13. The number of nitrogens with two attached hydrogens (primary N) is 1. The fourth-order valence-corrected chi connectivity index (χ4v) is 2.28. The van der Waals surface area contributed by atoms with Crippen molar-refractivity contribution in [1.82, 2.24) is 5.32 Å². The molecule has 2 nitrogen and oxygen atoms in total. The van der Waals surface area contributed by atoms with Crippen LogP contribution in [0.4, 0.5) is 0 Å². The molecule has 0 saturated carbocycles. The molecule has 2 aromatic rings. The van der Waals surface area contributed by atoms with Gasteiger partial charge in [-0.15, -0.1) is 0 Å². The predicted molar refractivity (Wildman–Crippen MR) is 76.4 cm³/mol. The van der Waals surface area contributed by atoms with Crippen molar-refractivity contribution in [1.29, 1.82) is 0 Å². The zero-order chi connectivity index (χ0) is 13.0. The van der Waals surface area contributed by atoms with Crippen molar-refractivity contribution in [3.05, 3.63) is 70.8 Å². The third-order valence-corrected chi connectivity index (χ3v) is 3.18. The van der Waals surface area contributed by atoms with Gasteiger partial charge in [-0.3, -0.25) is 0 Å². The monoisotopic (exact) mass is 240 g/mol. The van der Waals surface area contributed by atoms with Gasteiger partial charge in [0.25, 0.3) is 0 Å². The molecule has 0 radical (unpaired) electrons. The van der Waals surface area contributed by atoms with E-state index in [-0.39, 0.29) is 6.04 Å². The second kappa shape index (κ2) is 5.80. The second-order valence-corrected chi connectivity index (χ2v) is 4.58. The Hall–Kier alpha value is -1.64. The highest BCUT2D eigenvalue weighted by molar-refractivity contribution is 5.35. The minimum absolute atomic E-state index is 0.219. The Bertz CT molecular complexity index is 520. The Morgan fingerprint density at radius 2 is 1.72 bits per heavy atom. The van der Waals surface area contributed by atoms with E-state index in [1.165, 1.54) is 22.3 Å². The fourth-order valence-electron chi connectivity index (χ4n) is 2.28. The highest BCUT2D eigenvalue weighted by atomic mass is 14.9. The molecule has 0 saturated heterocycles. The van der Waals surface area contributed by atoms with Crippen LogP contribution in [0.2, 0.25) is 0 Å². The van der Waals surface area contributed by atoms with Crippen LogP contribution >= 0.6 is 0 Å². The van der Waals surface area contributed by atoms with Gasteiger partial charge in [0.15, 0.2) is 0 Å². The van der Waals surface area contributed by atoms with Crippen molar-refractivity contribution in [2.45, 2.75) is 19.5 Å². The first-order chi connectivity index (χ1) is 8.74. The van der Waals surface area contributed by atoms with Crippen LogP contribution in [0.1, 0.15) is 28.3 Å². The van der Waals surface area contributed by atoms with Gasteiger partial charge in [0.05, 0.1) is 6.04 Å². The Morgan fingerprint density at radius 3 is 2.33 bits per heavy atom. The molecule has 0 aliphatic heterocycles. The van der Waals surface area contributed by atoms with Gasteiger partial charge in [-0.25, -0.2) is 0 Å². The number of benzene rings is 2. The van der Waals surface area contributed by atoms with Crippen LogP contribution in [0.3, 0.4) is 0 Å². The Morgan fingerprint density at radius 1 is 1.06 bits per heavy atom. The zero-order valence-electron chi connectivity index (χ0n) is 11.0. The molecule has 2 heteroatoms. The summed E-state index contributed by atoms with van der Waals surface area (Å²) in [6.45, 7) is 2.70. The summed E-state index contributed by atoms with van der Waals surface area (Å²) >= 11 is 0. The lowest BCUT2D eigenvalue weighted by Gasteiger charge is -2.18. The molecule has 0 aromatic heterocycles. The average Bonchev–Trinajstić information content (AvgIpc) is 2.40. The van der Waals surface area contributed by atoms with Gasteiger partial charge in [-0.2, -0.15) is 0 Å². The van der Waals surface area contributed by atoms with Gasteiger partial charge >= 0.3 is 0 Å². The second-order valence-electron chi connectivity index (χ2n) is 4.58. The van der Waals surface area contributed by atoms with Crippen molar-refractivity contribution in [3.8, 4) is 0 Å². The first-order valence-electron chi connectivity index (χ1n) is 6.27. The molecule has 18 heavy (non-hydrogen) atoms.